The molecule has 1 amide bonds. The fourth-order valence-corrected chi connectivity index (χ4v) is 2.60. The number of allylic oxidation sites excluding steroid dienone is 3. The average Bonchev–Trinajstić information content (AvgIpc) is 3.15. The molecule has 0 aliphatic carbocycles. The molecular formula is C22H21N3O3. The Morgan fingerprint density at radius 3 is 2.68 bits per heavy atom. The summed E-state index contributed by atoms with van der Waals surface area (Å²) >= 11 is 0. The van der Waals surface area contributed by atoms with Crippen LogP contribution in [0.1, 0.15) is 22.8 Å². The van der Waals surface area contributed by atoms with Crippen molar-refractivity contribution in [1.82, 2.24) is 10.5 Å². The SMILES string of the molecule is C=C(/C=C\C(=C/C)CNc1nc2cc(C(=O)NO)ccc2o1)c1ccccc1. The summed E-state index contributed by atoms with van der Waals surface area (Å²) in [7, 11) is 0. The van der Waals surface area contributed by atoms with Crippen molar-refractivity contribution in [2.24, 2.45) is 0 Å². The lowest BCUT2D eigenvalue weighted by atomic mass is 10.1. The summed E-state index contributed by atoms with van der Waals surface area (Å²) in [6, 6.07) is 15.1. The Balaban J connectivity index is 1.65. The number of carbonyl (C=O) groups excluding carboxylic acids is 1. The van der Waals surface area contributed by atoms with Crippen LogP contribution in [-0.4, -0.2) is 22.6 Å². The number of nitrogens with zero attached hydrogens (tertiary/aromatic N) is 1. The summed E-state index contributed by atoms with van der Waals surface area (Å²) < 4.78 is 5.64. The van der Waals surface area contributed by atoms with Crippen LogP contribution in [0, 0.1) is 0 Å². The normalized spacial score (nSPS) is 11.7. The lowest BCUT2D eigenvalue weighted by Crippen LogP contribution is -2.18. The van der Waals surface area contributed by atoms with Gasteiger partial charge in [-0.05, 0) is 41.8 Å². The van der Waals surface area contributed by atoms with Crippen molar-refractivity contribution < 1.29 is 14.4 Å². The van der Waals surface area contributed by atoms with E-state index in [2.05, 4.69) is 16.9 Å². The zero-order chi connectivity index (χ0) is 19.9. The molecule has 0 bridgehead atoms. The highest BCUT2D eigenvalue weighted by Gasteiger charge is 2.10. The van der Waals surface area contributed by atoms with Crippen molar-refractivity contribution in [3.8, 4) is 0 Å². The smallest absolute Gasteiger partial charge is 0.295 e. The highest BCUT2D eigenvalue weighted by molar-refractivity contribution is 5.96. The van der Waals surface area contributed by atoms with Gasteiger partial charge in [-0.25, -0.2) is 5.48 Å². The molecule has 0 fully saturated rings. The zero-order valence-electron chi connectivity index (χ0n) is 15.5. The fourth-order valence-electron chi connectivity index (χ4n) is 2.60. The van der Waals surface area contributed by atoms with Gasteiger partial charge in [-0.1, -0.05) is 55.1 Å². The van der Waals surface area contributed by atoms with E-state index in [0.717, 1.165) is 16.7 Å². The largest absolute Gasteiger partial charge is 0.424 e. The van der Waals surface area contributed by atoms with Gasteiger partial charge in [-0.3, -0.25) is 10.0 Å². The van der Waals surface area contributed by atoms with Gasteiger partial charge >= 0.3 is 0 Å². The van der Waals surface area contributed by atoms with Gasteiger partial charge in [0.05, 0.1) is 0 Å². The number of benzene rings is 2. The van der Waals surface area contributed by atoms with Gasteiger partial charge in [0.2, 0.25) is 0 Å². The van der Waals surface area contributed by atoms with Crippen molar-refractivity contribution in [2.45, 2.75) is 6.92 Å². The van der Waals surface area contributed by atoms with Gasteiger partial charge in [0.25, 0.3) is 11.9 Å². The summed E-state index contributed by atoms with van der Waals surface area (Å²) in [4.78, 5) is 15.8. The Morgan fingerprint density at radius 1 is 1.18 bits per heavy atom. The summed E-state index contributed by atoms with van der Waals surface area (Å²) in [5, 5.41) is 11.9. The van der Waals surface area contributed by atoms with Crippen molar-refractivity contribution in [3.63, 3.8) is 0 Å². The number of nitrogens with one attached hydrogen (secondary N) is 2. The topological polar surface area (TPSA) is 87.4 Å². The number of rotatable bonds is 7. The molecule has 28 heavy (non-hydrogen) atoms. The summed E-state index contributed by atoms with van der Waals surface area (Å²) in [5.41, 5.74) is 6.01. The second-order valence-electron chi connectivity index (χ2n) is 6.08. The molecule has 1 heterocycles. The summed E-state index contributed by atoms with van der Waals surface area (Å²) in [6.07, 6.45) is 5.96. The van der Waals surface area contributed by atoms with Crippen molar-refractivity contribution in [1.29, 1.82) is 0 Å². The predicted octanol–water partition coefficient (Wildman–Crippen LogP) is 4.57. The van der Waals surface area contributed by atoms with E-state index >= 15 is 0 Å². The van der Waals surface area contributed by atoms with Gasteiger partial charge in [-0.2, -0.15) is 4.98 Å². The molecule has 0 aliphatic heterocycles. The van der Waals surface area contributed by atoms with Crippen LogP contribution in [0.25, 0.3) is 16.7 Å². The van der Waals surface area contributed by atoms with Crippen LogP contribution < -0.4 is 10.8 Å². The van der Waals surface area contributed by atoms with Crippen LogP contribution >= 0.6 is 0 Å². The second kappa shape index (κ2) is 8.83. The number of hydrogen-bond donors (Lipinski definition) is 3. The van der Waals surface area contributed by atoms with E-state index in [4.69, 9.17) is 9.62 Å². The number of hydrogen-bond acceptors (Lipinski definition) is 5. The number of fused-ring (bicyclic) bond motifs is 1. The van der Waals surface area contributed by atoms with Crippen LogP contribution in [0.5, 0.6) is 0 Å². The van der Waals surface area contributed by atoms with E-state index in [1.807, 2.05) is 55.5 Å². The van der Waals surface area contributed by atoms with Crippen LogP contribution in [0.3, 0.4) is 0 Å². The number of aromatic nitrogens is 1. The van der Waals surface area contributed by atoms with Crippen LogP contribution in [0.15, 0.2) is 83.3 Å². The van der Waals surface area contributed by atoms with Gasteiger partial charge in [0.15, 0.2) is 5.58 Å². The molecule has 142 valence electrons. The fraction of sp³-hybridized carbons (Fsp3) is 0.0909. The molecule has 6 heteroatoms. The third kappa shape index (κ3) is 4.55. The highest BCUT2D eigenvalue weighted by atomic mass is 16.5. The minimum absolute atomic E-state index is 0.298. The summed E-state index contributed by atoms with van der Waals surface area (Å²) in [5.74, 6) is -0.598. The average molecular weight is 375 g/mol. The number of anilines is 1. The Hall–Kier alpha value is -3.64. The summed E-state index contributed by atoms with van der Waals surface area (Å²) in [6.45, 7) is 6.57. The maximum absolute atomic E-state index is 11.5. The van der Waals surface area contributed by atoms with Gasteiger partial charge in [0.1, 0.15) is 5.52 Å². The number of carbonyl (C=O) groups is 1. The van der Waals surface area contributed by atoms with E-state index in [1.165, 1.54) is 0 Å². The number of hydroxylamine groups is 1. The Kier molecular flexibility index (Phi) is 6.04. The maximum Gasteiger partial charge on any atom is 0.295 e. The van der Waals surface area contributed by atoms with Gasteiger partial charge < -0.3 is 9.73 Å². The quantitative estimate of drug-likeness (QED) is 0.320. The number of oxazole rings is 1. The number of amides is 1. The monoisotopic (exact) mass is 375 g/mol. The molecule has 3 aromatic rings. The van der Waals surface area contributed by atoms with E-state index in [1.54, 1.807) is 23.7 Å². The van der Waals surface area contributed by atoms with Crippen LogP contribution in [0.4, 0.5) is 6.01 Å². The van der Waals surface area contributed by atoms with Crippen molar-refractivity contribution in [2.75, 3.05) is 11.9 Å². The Labute approximate surface area is 162 Å². The Bertz CT molecular complexity index is 1050. The molecule has 1 aromatic heterocycles. The van der Waals surface area contributed by atoms with Crippen LogP contribution in [0.2, 0.25) is 0 Å². The first kappa shape index (κ1) is 19.1. The molecule has 0 radical (unpaired) electrons. The van der Waals surface area contributed by atoms with Crippen LogP contribution in [-0.2, 0) is 0 Å². The lowest BCUT2D eigenvalue weighted by Gasteiger charge is -2.04. The molecule has 0 saturated heterocycles. The van der Waals surface area contributed by atoms with Crippen molar-refractivity contribution >= 4 is 28.6 Å². The predicted molar refractivity (Wildman–Crippen MR) is 110 cm³/mol. The first-order valence-electron chi connectivity index (χ1n) is 8.77. The highest BCUT2D eigenvalue weighted by Crippen LogP contribution is 2.21. The Morgan fingerprint density at radius 2 is 1.96 bits per heavy atom. The van der Waals surface area contributed by atoms with Gasteiger partial charge in [-0.15, -0.1) is 0 Å². The standard InChI is InChI=1S/C22H21N3O3/c1-3-16(10-9-15(2)17-7-5-4-6-8-17)14-23-22-24-19-13-18(21(26)25-27)11-12-20(19)28-22/h3-13,27H,2,14H2,1H3,(H,23,24)(H,25,26)/b10-9-,16-3+. The molecule has 0 atom stereocenters. The minimum atomic E-state index is -0.598. The zero-order valence-corrected chi connectivity index (χ0v) is 15.5. The molecule has 3 N–H and O–H groups in total. The first-order valence-corrected chi connectivity index (χ1v) is 8.77. The molecule has 0 saturated carbocycles. The molecule has 2 aromatic carbocycles. The van der Waals surface area contributed by atoms with E-state index < -0.39 is 5.91 Å². The minimum Gasteiger partial charge on any atom is -0.424 e. The lowest BCUT2D eigenvalue weighted by molar-refractivity contribution is 0.0706. The van der Waals surface area contributed by atoms with Crippen molar-refractivity contribution in [3.05, 3.63) is 90.0 Å². The maximum atomic E-state index is 11.5. The first-order chi connectivity index (χ1) is 13.6. The molecule has 6 nitrogen and oxygen atoms in total. The van der Waals surface area contributed by atoms with E-state index in [9.17, 15) is 4.79 Å². The van der Waals surface area contributed by atoms with E-state index in [-0.39, 0.29) is 0 Å². The molecule has 3 rings (SSSR count). The molecule has 0 spiro atoms. The third-order valence-electron chi connectivity index (χ3n) is 4.21. The third-order valence-corrected chi connectivity index (χ3v) is 4.21. The molecule has 0 aliphatic rings. The van der Waals surface area contributed by atoms with E-state index in [0.29, 0.717) is 29.2 Å². The molecular weight excluding hydrogens is 354 g/mol. The second-order valence-corrected chi connectivity index (χ2v) is 6.08. The van der Waals surface area contributed by atoms with Gasteiger partial charge in [0, 0.05) is 12.1 Å². The molecule has 0 unspecified atom stereocenters.